The Bertz CT molecular complexity index is 1270. The van der Waals surface area contributed by atoms with E-state index in [0.29, 0.717) is 30.2 Å². The van der Waals surface area contributed by atoms with E-state index >= 15 is 0 Å². The first kappa shape index (κ1) is 23.5. The van der Waals surface area contributed by atoms with E-state index in [4.69, 9.17) is 9.15 Å². The summed E-state index contributed by atoms with van der Waals surface area (Å²) in [6, 6.07) is 12.0. The van der Waals surface area contributed by atoms with Crippen LogP contribution < -0.4 is 15.4 Å². The molecule has 0 spiro atoms. The predicted molar refractivity (Wildman–Crippen MR) is 137 cm³/mol. The number of hydrogen-bond acceptors (Lipinski definition) is 9. The average molecular weight is 477 g/mol. The number of hydrogen-bond donors (Lipinski definition) is 2. The number of benzene rings is 1. The maximum absolute atomic E-state index is 9.61. The second-order valence-electron chi connectivity index (χ2n) is 8.08. The van der Waals surface area contributed by atoms with Gasteiger partial charge in [-0.05, 0) is 50.8 Å². The van der Waals surface area contributed by atoms with Crippen molar-refractivity contribution < 1.29 is 9.15 Å². The molecule has 3 aromatic heterocycles. The summed E-state index contributed by atoms with van der Waals surface area (Å²) < 4.78 is 11.8. The Morgan fingerprint density at radius 1 is 1.18 bits per heavy atom. The maximum atomic E-state index is 9.61. The Labute approximate surface area is 203 Å². The molecule has 3 heterocycles. The van der Waals surface area contributed by atoms with Crippen molar-refractivity contribution in [2.45, 2.75) is 12.8 Å². The average Bonchev–Trinajstić information content (AvgIpc) is 3.49. The number of nitrogens with one attached hydrogen (secondary N) is 2. The van der Waals surface area contributed by atoms with Crippen molar-refractivity contribution in [1.82, 2.24) is 14.9 Å². The van der Waals surface area contributed by atoms with E-state index in [-0.39, 0.29) is 0 Å². The second-order valence-corrected chi connectivity index (χ2v) is 9.19. The SMILES string of the molecule is CNc1ncc(CCNc2c(C#N)cnc3oc(-c4ccc(OCCCN(C)C)cc4)cc23)s1. The van der Waals surface area contributed by atoms with Crippen LogP contribution in [0.15, 0.2) is 47.1 Å². The van der Waals surface area contributed by atoms with Crippen LogP contribution in [0.4, 0.5) is 10.8 Å². The molecule has 176 valence electrons. The molecule has 0 atom stereocenters. The molecule has 0 aliphatic heterocycles. The largest absolute Gasteiger partial charge is 0.494 e. The van der Waals surface area contributed by atoms with Gasteiger partial charge in [0.05, 0.1) is 29.4 Å². The van der Waals surface area contributed by atoms with Gasteiger partial charge in [-0.1, -0.05) is 0 Å². The van der Waals surface area contributed by atoms with Gasteiger partial charge in [0.2, 0.25) is 5.71 Å². The number of thiazole rings is 1. The van der Waals surface area contributed by atoms with Crippen LogP contribution >= 0.6 is 11.3 Å². The van der Waals surface area contributed by atoms with E-state index in [9.17, 15) is 5.26 Å². The van der Waals surface area contributed by atoms with Crippen molar-refractivity contribution >= 4 is 33.3 Å². The standard InChI is InChI=1S/C25H28N6O2S/c1-27-25-30-16-20(34-25)9-10-28-23-18(14-26)15-29-24-21(23)13-22(33-24)17-5-7-19(8-6-17)32-12-4-11-31(2)3/h5-8,13,15-16H,4,9-12H2,1-3H3,(H,27,30)(H,28,29). The van der Waals surface area contributed by atoms with Gasteiger partial charge in [-0.2, -0.15) is 5.26 Å². The van der Waals surface area contributed by atoms with Crippen LogP contribution in [0.2, 0.25) is 0 Å². The van der Waals surface area contributed by atoms with Crippen molar-refractivity contribution in [3.05, 3.63) is 53.2 Å². The Morgan fingerprint density at radius 3 is 2.71 bits per heavy atom. The third kappa shape index (κ3) is 5.65. The van der Waals surface area contributed by atoms with Gasteiger partial charge >= 0.3 is 0 Å². The number of nitrogens with zero attached hydrogens (tertiary/aromatic N) is 4. The maximum Gasteiger partial charge on any atom is 0.228 e. The summed E-state index contributed by atoms with van der Waals surface area (Å²) in [5, 5.41) is 17.7. The van der Waals surface area contributed by atoms with Gasteiger partial charge in [0.25, 0.3) is 0 Å². The molecule has 4 rings (SSSR count). The minimum atomic E-state index is 0.488. The number of furan rings is 1. The van der Waals surface area contributed by atoms with Crippen LogP contribution in [-0.2, 0) is 6.42 Å². The van der Waals surface area contributed by atoms with E-state index in [2.05, 4.69) is 45.7 Å². The summed E-state index contributed by atoms with van der Waals surface area (Å²) in [6.45, 7) is 2.34. The molecule has 8 nitrogen and oxygen atoms in total. The fourth-order valence-corrected chi connectivity index (χ4v) is 4.31. The number of fused-ring (bicyclic) bond motifs is 1. The van der Waals surface area contributed by atoms with Crippen LogP contribution in [0.25, 0.3) is 22.4 Å². The van der Waals surface area contributed by atoms with Crippen LogP contribution in [0.5, 0.6) is 5.75 Å². The number of rotatable bonds is 11. The van der Waals surface area contributed by atoms with Gasteiger partial charge in [-0.3, -0.25) is 0 Å². The molecular weight excluding hydrogens is 448 g/mol. The molecule has 0 aliphatic carbocycles. The molecule has 0 bridgehead atoms. The fraction of sp³-hybridized carbons (Fsp3) is 0.320. The Kier molecular flexibility index (Phi) is 7.62. The van der Waals surface area contributed by atoms with E-state index in [0.717, 1.165) is 51.8 Å². The topological polar surface area (TPSA) is 99.2 Å². The van der Waals surface area contributed by atoms with Gasteiger partial charge in [0.1, 0.15) is 17.6 Å². The van der Waals surface area contributed by atoms with Gasteiger partial charge in [0.15, 0.2) is 5.13 Å². The zero-order valence-electron chi connectivity index (χ0n) is 19.6. The first-order valence-corrected chi connectivity index (χ1v) is 12.0. The van der Waals surface area contributed by atoms with E-state index < -0.39 is 0 Å². The molecule has 0 saturated heterocycles. The molecule has 4 aromatic rings. The lowest BCUT2D eigenvalue weighted by atomic mass is 10.1. The number of anilines is 2. The van der Waals surface area contributed by atoms with Gasteiger partial charge in [-0.25, -0.2) is 9.97 Å². The third-order valence-electron chi connectivity index (χ3n) is 5.28. The molecule has 1 aromatic carbocycles. The highest BCUT2D eigenvalue weighted by molar-refractivity contribution is 7.15. The number of aromatic nitrogens is 2. The van der Waals surface area contributed by atoms with Crippen LogP contribution in [0.3, 0.4) is 0 Å². The molecule has 0 saturated carbocycles. The quantitative estimate of drug-likeness (QED) is 0.296. The lowest BCUT2D eigenvalue weighted by molar-refractivity contribution is 0.281. The predicted octanol–water partition coefficient (Wildman–Crippen LogP) is 4.85. The lowest BCUT2D eigenvalue weighted by Crippen LogP contribution is -2.15. The van der Waals surface area contributed by atoms with E-state index in [1.54, 1.807) is 17.5 Å². The molecule has 0 fully saturated rings. The summed E-state index contributed by atoms with van der Waals surface area (Å²) in [5.41, 5.74) is 2.64. The molecule has 9 heteroatoms. The van der Waals surface area contributed by atoms with Crippen molar-refractivity contribution in [1.29, 1.82) is 5.26 Å². The molecule has 0 amide bonds. The summed E-state index contributed by atoms with van der Waals surface area (Å²) in [5.74, 6) is 1.52. The normalized spacial score (nSPS) is 11.0. The first-order valence-electron chi connectivity index (χ1n) is 11.1. The van der Waals surface area contributed by atoms with Gasteiger partial charge < -0.3 is 24.7 Å². The number of pyridine rings is 1. The van der Waals surface area contributed by atoms with Crippen LogP contribution in [-0.4, -0.2) is 55.7 Å². The molecule has 0 unspecified atom stereocenters. The smallest absolute Gasteiger partial charge is 0.228 e. The van der Waals surface area contributed by atoms with E-state index in [1.165, 1.54) is 0 Å². The summed E-state index contributed by atoms with van der Waals surface area (Å²) >= 11 is 1.62. The van der Waals surface area contributed by atoms with Crippen molar-refractivity contribution in [3.63, 3.8) is 0 Å². The van der Waals surface area contributed by atoms with Crippen molar-refractivity contribution in [2.24, 2.45) is 0 Å². The molecule has 0 radical (unpaired) electrons. The molecular formula is C25H28N6O2S. The highest BCUT2D eigenvalue weighted by Crippen LogP contribution is 2.33. The minimum Gasteiger partial charge on any atom is -0.494 e. The highest BCUT2D eigenvalue weighted by atomic mass is 32.1. The fourth-order valence-electron chi connectivity index (χ4n) is 3.54. The number of nitriles is 1. The second kappa shape index (κ2) is 11.0. The third-order valence-corrected chi connectivity index (χ3v) is 6.35. The zero-order chi connectivity index (χ0) is 23.9. The minimum absolute atomic E-state index is 0.488. The summed E-state index contributed by atoms with van der Waals surface area (Å²) in [6.07, 6.45) is 5.20. The Hall–Kier alpha value is -3.61. The van der Waals surface area contributed by atoms with Crippen molar-refractivity contribution in [3.8, 4) is 23.1 Å². The van der Waals surface area contributed by atoms with Crippen LogP contribution in [0.1, 0.15) is 16.9 Å². The Balaban J connectivity index is 1.48. The number of ether oxygens (including phenoxy) is 1. The van der Waals surface area contributed by atoms with E-state index in [1.807, 2.05) is 43.6 Å². The summed E-state index contributed by atoms with van der Waals surface area (Å²) in [7, 11) is 5.97. The monoisotopic (exact) mass is 476 g/mol. The highest BCUT2D eigenvalue weighted by Gasteiger charge is 2.15. The Morgan fingerprint density at radius 2 is 2.00 bits per heavy atom. The van der Waals surface area contributed by atoms with Crippen molar-refractivity contribution in [2.75, 3.05) is 51.5 Å². The lowest BCUT2D eigenvalue weighted by Gasteiger charge is -2.10. The zero-order valence-corrected chi connectivity index (χ0v) is 20.4. The molecule has 0 aliphatic rings. The first-order chi connectivity index (χ1) is 16.6. The van der Waals surface area contributed by atoms with Crippen LogP contribution in [0, 0.1) is 11.3 Å². The molecule has 2 N–H and O–H groups in total. The van der Waals surface area contributed by atoms with Gasteiger partial charge in [-0.15, -0.1) is 11.3 Å². The molecule has 34 heavy (non-hydrogen) atoms. The van der Waals surface area contributed by atoms with Gasteiger partial charge in [0, 0.05) is 43.2 Å². The summed E-state index contributed by atoms with van der Waals surface area (Å²) in [4.78, 5) is 12.0.